The number of halogens is 1. The molecule has 6 heteroatoms. The van der Waals surface area contributed by atoms with E-state index in [9.17, 15) is 4.39 Å². The summed E-state index contributed by atoms with van der Waals surface area (Å²) in [6.45, 7) is 1.24. The Kier molecular flexibility index (Phi) is 2.73. The van der Waals surface area contributed by atoms with E-state index in [4.69, 9.17) is 9.47 Å². The predicted octanol–water partition coefficient (Wildman–Crippen LogP) is 2.93. The van der Waals surface area contributed by atoms with Crippen LogP contribution in [0.2, 0.25) is 0 Å². The molecule has 21 heavy (non-hydrogen) atoms. The fourth-order valence-electron chi connectivity index (χ4n) is 2.36. The van der Waals surface area contributed by atoms with Crippen molar-refractivity contribution in [2.45, 2.75) is 6.42 Å². The number of nitrogens with one attached hydrogen (secondary N) is 1. The first-order valence-electron chi connectivity index (χ1n) is 6.70. The van der Waals surface area contributed by atoms with Crippen LogP contribution in [0.4, 0.5) is 4.39 Å². The van der Waals surface area contributed by atoms with Gasteiger partial charge in [0.15, 0.2) is 17.3 Å². The standard InChI is InChI=1S/C15H12FN3O2/c16-10-8-17-3-2-9(10)15-18-11-6-13-14(7-12(11)19-15)21-5-1-4-20-13/h2-3,6-8H,1,4-5H2,(H,18,19). The van der Waals surface area contributed by atoms with Gasteiger partial charge in [0.1, 0.15) is 5.82 Å². The summed E-state index contributed by atoms with van der Waals surface area (Å²) >= 11 is 0. The molecule has 5 nitrogen and oxygen atoms in total. The lowest BCUT2D eigenvalue weighted by atomic mass is 10.2. The van der Waals surface area contributed by atoms with Crippen molar-refractivity contribution in [1.82, 2.24) is 15.0 Å². The van der Waals surface area contributed by atoms with Gasteiger partial charge in [-0.25, -0.2) is 9.37 Å². The van der Waals surface area contributed by atoms with Gasteiger partial charge in [-0.05, 0) is 6.07 Å². The Morgan fingerprint density at radius 1 is 1.14 bits per heavy atom. The smallest absolute Gasteiger partial charge is 0.163 e. The number of pyridine rings is 1. The Labute approximate surface area is 119 Å². The van der Waals surface area contributed by atoms with Gasteiger partial charge < -0.3 is 14.5 Å². The average molecular weight is 285 g/mol. The van der Waals surface area contributed by atoms with Gasteiger partial charge in [-0.3, -0.25) is 4.98 Å². The highest BCUT2D eigenvalue weighted by Crippen LogP contribution is 2.34. The minimum atomic E-state index is -0.411. The molecular formula is C15H12FN3O2. The van der Waals surface area contributed by atoms with Crippen LogP contribution < -0.4 is 9.47 Å². The number of hydrogen-bond donors (Lipinski definition) is 1. The molecule has 4 rings (SSSR count). The lowest BCUT2D eigenvalue weighted by molar-refractivity contribution is 0.297. The van der Waals surface area contributed by atoms with E-state index in [1.54, 1.807) is 6.07 Å². The molecule has 1 N–H and O–H groups in total. The molecule has 3 aromatic rings. The molecule has 0 saturated carbocycles. The molecular weight excluding hydrogens is 273 g/mol. The van der Waals surface area contributed by atoms with Crippen molar-refractivity contribution in [1.29, 1.82) is 0 Å². The maximum atomic E-state index is 13.8. The summed E-state index contributed by atoms with van der Waals surface area (Å²) in [5.41, 5.74) is 1.88. The number of aromatic nitrogens is 3. The van der Waals surface area contributed by atoms with Crippen molar-refractivity contribution in [3.05, 3.63) is 36.4 Å². The molecule has 0 saturated heterocycles. The van der Waals surface area contributed by atoms with Crippen LogP contribution in [-0.2, 0) is 0 Å². The summed E-state index contributed by atoms with van der Waals surface area (Å²) in [5.74, 6) is 1.41. The number of H-pyrrole nitrogens is 1. The third-order valence-corrected chi connectivity index (χ3v) is 3.38. The van der Waals surface area contributed by atoms with Crippen LogP contribution in [0, 0.1) is 5.82 Å². The highest BCUT2D eigenvalue weighted by Gasteiger charge is 2.15. The number of rotatable bonds is 1. The molecule has 2 aromatic heterocycles. The number of fused-ring (bicyclic) bond motifs is 2. The van der Waals surface area contributed by atoms with Crippen LogP contribution in [0.25, 0.3) is 22.4 Å². The maximum absolute atomic E-state index is 13.8. The second-order valence-electron chi connectivity index (χ2n) is 4.81. The topological polar surface area (TPSA) is 60.0 Å². The summed E-state index contributed by atoms with van der Waals surface area (Å²) < 4.78 is 25.1. The van der Waals surface area contributed by atoms with Crippen LogP contribution in [0.15, 0.2) is 30.6 Å². The van der Waals surface area contributed by atoms with Gasteiger partial charge in [-0.1, -0.05) is 0 Å². The molecule has 0 atom stereocenters. The molecule has 0 bridgehead atoms. The molecule has 0 unspecified atom stereocenters. The molecule has 1 aromatic carbocycles. The van der Waals surface area contributed by atoms with Gasteiger partial charge in [-0.15, -0.1) is 0 Å². The molecule has 1 aliphatic rings. The van der Waals surface area contributed by atoms with E-state index in [0.717, 1.165) is 11.9 Å². The minimum Gasteiger partial charge on any atom is -0.489 e. The van der Waals surface area contributed by atoms with E-state index in [2.05, 4.69) is 15.0 Å². The van der Waals surface area contributed by atoms with Gasteiger partial charge in [0, 0.05) is 24.8 Å². The third kappa shape index (κ3) is 2.08. The highest BCUT2D eigenvalue weighted by atomic mass is 19.1. The first-order chi connectivity index (χ1) is 10.3. The Hall–Kier alpha value is -2.63. The van der Waals surface area contributed by atoms with Gasteiger partial charge in [-0.2, -0.15) is 0 Å². The van der Waals surface area contributed by atoms with Crippen LogP contribution in [0.1, 0.15) is 6.42 Å². The monoisotopic (exact) mass is 285 g/mol. The van der Waals surface area contributed by atoms with E-state index in [1.807, 2.05) is 12.1 Å². The summed E-state index contributed by atoms with van der Waals surface area (Å²) in [4.78, 5) is 11.3. The largest absolute Gasteiger partial charge is 0.489 e. The van der Waals surface area contributed by atoms with Crippen LogP contribution >= 0.6 is 0 Å². The van der Waals surface area contributed by atoms with Gasteiger partial charge >= 0.3 is 0 Å². The Morgan fingerprint density at radius 2 is 1.95 bits per heavy atom. The minimum absolute atomic E-state index is 0.387. The van der Waals surface area contributed by atoms with Crippen molar-refractivity contribution in [2.75, 3.05) is 13.2 Å². The Bertz CT molecular complexity index is 773. The van der Waals surface area contributed by atoms with Crippen molar-refractivity contribution in [3.63, 3.8) is 0 Å². The summed E-state index contributed by atoms with van der Waals surface area (Å²) in [6.07, 6.45) is 3.56. The van der Waals surface area contributed by atoms with Gasteiger partial charge in [0.05, 0.1) is 36.0 Å². The zero-order valence-corrected chi connectivity index (χ0v) is 11.1. The number of aromatic amines is 1. The van der Waals surface area contributed by atoms with Crippen molar-refractivity contribution in [3.8, 4) is 22.9 Å². The van der Waals surface area contributed by atoms with Crippen molar-refractivity contribution < 1.29 is 13.9 Å². The molecule has 0 aliphatic carbocycles. The fraction of sp³-hybridized carbons (Fsp3) is 0.200. The lowest BCUT2D eigenvalue weighted by Gasteiger charge is -2.05. The number of hydrogen-bond acceptors (Lipinski definition) is 4. The normalized spacial score (nSPS) is 14.1. The lowest BCUT2D eigenvalue weighted by Crippen LogP contribution is -1.97. The molecule has 0 fully saturated rings. The third-order valence-electron chi connectivity index (χ3n) is 3.38. The van der Waals surface area contributed by atoms with Gasteiger partial charge in [0.25, 0.3) is 0 Å². The first kappa shape index (κ1) is 12.1. The second-order valence-corrected chi connectivity index (χ2v) is 4.81. The Morgan fingerprint density at radius 3 is 2.76 bits per heavy atom. The summed E-state index contributed by atoms with van der Waals surface area (Å²) in [7, 11) is 0. The average Bonchev–Trinajstić information content (AvgIpc) is 2.75. The zero-order valence-electron chi connectivity index (χ0n) is 11.1. The SMILES string of the molecule is Fc1cnccc1-c1nc2cc3c(cc2[nH]1)OCCCO3. The van der Waals surface area contributed by atoms with Crippen molar-refractivity contribution in [2.24, 2.45) is 0 Å². The molecule has 3 heterocycles. The maximum Gasteiger partial charge on any atom is 0.163 e. The first-order valence-corrected chi connectivity index (χ1v) is 6.70. The molecule has 0 spiro atoms. The van der Waals surface area contributed by atoms with E-state index in [0.29, 0.717) is 41.6 Å². The van der Waals surface area contributed by atoms with E-state index in [1.165, 1.54) is 12.4 Å². The van der Waals surface area contributed by atoms with Crippen LogP contribution in [0.5, 0.6) is 11.5 Å². The summed E-state index contributed by atoms with van der Waals surface area (Å²) in [6, 6.07) is 5.24. The molecule has 0 radical (unpaired) electrons. The molecule has 0 amide bonds. The molecule has 1 aliphatic heterocycles. The number of nitrogens with zero attached hydrogens (tertiary/aromatic N) is 2. The highest BCUT2D eigenvalue weighted by molar-refractivity contribution is 5.83. The number of benzene rings is 1. The van der Waals surface area contributed by atoms with Crippen LogP contribution in [-0.4, -0.2) is 28.2 Å². The number of imidazole rings is 1. The van der Waals surface area contributed by atoms with E-state index < -0.39 is 5.82 Å². The van der Waals surface area contributed by atoms with E-state index >= 15 is 0 Å². The van der Waals surface area contributed by atoms with Crippen molar-refractivity contribution >= 4 is 11.0 Å². The van der Waals surface area contributed by atoms with E-state index in [-0.39, 0.29) is 0 Å². The second kappa shape index (κ2) is 4.73. The van der Waals surface area contributed by atoms with Gasteiger partial charge in [0.2, 0.25) is 0 Å². The molecule has 106 valence electrons. The zero-order chi connectivity index (χ0) is 14.2. The fourth-order valence-corrected chi connectivity index (χ4v) is 2.36. The summed E-state index contributed by atoms with van der Waals surface area (Å²) in [5, 5.41) is 0. The quantitative estimate of drug-likeness (QED) is 0.746. The number of ether oxygens (including phenoxy) is 2. The Balaban J connectivity index is 1.85. The van der Waals surface area contributed by atoms with Crippen LogP contribution in [0.3, 0.4) is 0 Å². The predicted molar refractivity (Wildman–Crippen MR) is 74.9 cm³/mol.